The summed E-state index contributed by atoms with van der Waals surface area (Å²) in [5, 5.41) is 6.01. The van der Waals surface area contributed by atoms with E-state index in [0.717, 1.165) is 17.0 Å². The number of thiazole rings is 1. The molecule has 2 N–H and O–H groups in total. The molecule has 3 heterocycles. The standard InChI is InChI=1S/C11H10N6S/c1-17-4-7(3-14-17)8-2-10(12)16-11(15-8)9-5-18-6-13-9/h2-6H,1H3,(H2,12,15,16). The van der Waals surface area contributed by atoms with Gasteiger partial charge in [-0.2, -0.15) is 5.10 Å². The van der Waals surface area contributed by atoms with Gasteiger partial charge in [0.05, 0.1) is 17.4 Å². The summed E-state index contributed by atoms with van der Waals surface area (Å²) in [6.45, 7) is 0. The van der Waals surface area contributed by atoms with Crippen molar-refractivity contribution in [3.8, 4) is 22.8 Å². The molecular weight excluding hydrogens is 248 g/mol. The summed E-state index contributed by atoms with van der Waals surface area (Å²) in [5.74, 6) is 0.960. The maximum atomic E-state index is 5.81. The second-order valence-corrected chi connectivity index (χ2v) is 4.50. The second kappa shape index (κ2) is 4.19. The third-order valence-corrected chi connectivity index (χ3v) is 2.99. The highest BCUT2D eigenvalue weighted by Gasteiger charge is 2.09. The van der Waals surface area contributed by atoms with Crippen LogP contribution < -0.4 is 5.73 Å². The minimum Gasteiger partial charge on any atom is -0.384 e. The van der Waals surface area contributed by atoms with Gasteiger partial charge in [-0.25, -0.2) is 15.0 Å². The molecule has 0 saturated heterocycles. The molecule has 0 aliphatic rings. The van der Waals surface area contributed by atoms with Gasteiger partial charge in [0.25, 0.3) is 0 Å². The summed E-state index contributed by atoms with van der Waals surface area (Å²) < 4.78 is 1.72. The normalized spacial score (nSPS) is 10.7. The maximum Gasteiger partial charge on any atom is 0.181 e. The number of nitrogens with zero attached hydrogens (tertiary/aromatic N) is 5. The summed E-state index contributed by atoms with van der Waals surface area (Å²) in [7, 11) is 1.86. The molecule has 0 aromatic carbocycles. The van der Waals surface area contributed by atoms with Crippen LogP contribution in [0.25, 0.3) is 22.8 Å². The van der Waals surface area contributed by atoms with Crippen molar-refractivity contribution < 1.29 is 0 Å². The van der Waals surface area contributed by atoms with Crippen molar-refractivity contribution in [1.29, 1.82) is 0 Å². The van der Waals surface area contributed by atoms with Gasteiger partial charge in [0.15, 0.2) is 5.82 Å². The van der Waals surface area contributed by atoms with Crippen LogP contribution in [-0.2, 0) is 7.05 Å². The van der Waals surface area contributed by atoms with E-state index in [2.05, 4.69) is 20.1 Å². The van der Waals surface area contributed by atoms with E-state index in [1.807, 2.05) is 18.6 Å². The molecule has 90 valence electrons. The quantitative estimate of drug-likeness (QED) is 0.754. The van der Waals surface area contributed by atoms with E-state index in [1.165, 1.54) is 11.3 Å². The largest absolute Gasteiger partial charge is 0.384 e. The van der Waals surface area contributed by atoms with Gasteiger partial charge in [0, 0.05) is 30.3 Å². The highest BCUT2D eigenvalue weighted by Crippen LogP contribution is 2.22. The first-order chi connectivity index (χ1) is 8.72. The van der Waals surface area contributed by atoms with E-state index in [4.69, 9.17) is 5.73 Å². The van der Waals surface area contributed by atoms with Crippen LogP contribution in [0.2, 0.25) is 0 Å². The minimum absolute atomic E-state index is 0.423. The first kappa shape index (κ1) is 10.8. The molecule has 0 radical (unpaired) electrons. The van der Waals surface area contributed by atoms with Gasteiger partial charge in [-0.3, -0.25) is 4.68 Å². The van der Waals surface area contributed by atoms with E-state index in [9.17, 15) is 0 Å². The molecule has 0 aliphatic carbocycles. The number of aryl methyl sites for hydroxylation is 1. The number of nitrogens with two attached hydrogens (primary N) is 1. The zero-order chi connectivity index (χ0) is 12.5. The highest BCUT2D eigenvalue weighted by molar-refractivity contribution is 7.07. The lowest BCUT2D eigenvalue weighted by Crippen LogP contribution is -1.97. The Hall–Kier alpha value is -2.28. The molecule has 0 spiro atoms. The Kier molecular flexibility index (Phi) is 2.52. The predicted molar refractivity (Wildman–Crippen MR) is 69.8 cm³/mol. The average Bonchev–Trinajstić information content (AvgIpc) is 2.98. The lowest BCUT2D eigenvalue weighted by atomic mass is 10.2. The third kappa shape index (κ3) is 1.95. The zero-order valence-electron chi connectivity index (χ0n) is 9.61. The lowest BCUT2D eigenvalue weighted by Gasteiger charge is -2.02. The summed E-state index contributed by atoms with van der Waals surface area (Å²) in [6, 6.07) is 1.73. The summed E-state index contributed by atoms with van der Waals surface area (Å²) in [6.07, 6.45) is 3.62. The number of nitrogen functional groups attached to an aromatic ring is 1. The topological polar surface area (TPSA) is 82.5 Å². The van der Waals surface area contributed by atoms with Gasteiger partial charge < -0.3 is 5.73 Å². The Morgan fingerprint density at radius 2 is 2.17 bits per heavy atom. The van der Waals surface area contributed by atoms with E-state index in [-0.39, 0.29) is 0 Å². The lowest BCUT2D eigenvalue weighted by molar-refractivity contribution is 0.768. The summed E-state index contributed by atoms with van der Waals surface area (Å²) >= 11 is 1.50. The smallest absolute Gasteiger partial charge is 0.181 e. The molecular formula is C11H10N6S. The molecule has 0 unspecified atom stereocenters. The molecule has 7 heteroatoms. The number of aromatic nitrogens is 5. The Morgan fingerprint density at radius 1 is 1.28 bits per heavy atom. The fourth-order valence-electron chi connectivity index (χ4n) is 1.60. The van der Waals surface area contributed by atoms with Crippen molar-refractivity contribution in [1.82, 2.24) is 24.7 Å². The van der Waals surface area contributed by atoms with Crippen LogP contribution in [-0.4, -0.2) is 24.7 Å². The first-order valence-corrected chi connectivity index (χ1v) is 6.19. The number of hydrogen-bond acceptors (Lipinski definition) is 6. The van der Waals surface area contributed by atoms with E-state index >= 15 is 0 Å². The van der Waals surface area contributed by atoms with Crippen molar-refractivity contribution in [2.75, 3.05) is 5.73 Å². The molecule has 18 heavy (non-hydrogen) atoms. The predicted octanol–water partition coefficient (Wildman–Crippen LogP) is 1.58. The Morgan fingerprint density at radius 3 is 2.83 bits per heavy atom. The van der Waals surface area contributed by atoms with Gasteiger partial charge in [-0.15, -0.1) is 11.3 Å². The van der Waals surface area contributed by atoms with Crippen LogP contribution in [0.3, 0.4) is 0 Å². The van der Waals surface area contributed by atoms with Crippen LogP contribution in [0.5, 0.6) is 0 Å². The molecule has 0 aliphatic heterocycles. The maximum absolute atomic E-state index is 5.81. The van der Waals surface area contributed by atoms with E-state index in [0.29, 0.717) is 11.6 Å². The van der Waals surface area contributed by atoms with Crippen molar-refractivity contribution in [2.24, 2.45) is 7.05 Å². The highest BCUT2D eigenvalue weighted by atomic mass is 32.1. The first-order valence-electron chi connectivity index (χ1n) is 5.24. The number of anilines is 1. The van der Waals surface area contributed by atoms with Crippen molar-refractivity contribution in [3.63, 3.8) is 0 Å². The molecule has 3 aromatic heterocycles. The fourth-order valence-corrected chi connectivity index (χ4v) is 2.14. The van der Waals surface area contributed by atoms with Gasteiger partial charge in [0.1, 0.15) is 11.5 Å². The van der Waals surface area contributed by atoms with Gasteiger partial charge >= 0.3 is 0 Å². The van der Waals surface area contributed by atoms with Crippen molar-refractivity contribution in [2.45, 2.75) is 0 Å². The number of hydrogen-bond donors (Lipinski definition) is 1. The zero-order valence-corrected chi connectivity index (χ0v) is 10.4. The minimum atomic E-state index is 0.423. The number of rotatable bonds is 2. The monoisotopic (exact) mass is 258 g/mol. The fraction of sp³-hybridized carbons (Fsp3) is 0.0909. The molecule has 6 nitrogen and oxygen atoms in total. The van der Waals surface area contributed by atoms with Crippen LogP contribution >= 0.6 is 11.3 Å². The molecule has 0 amide bonds. The van der Waals surface area contributed by atoms with Gasteiger partial charge in [-0.05, 0) is 0 Å². The SMILES string of the molecule is Cn1cc(-c2cc(N)nc(-c3cscn3)n2)cn1. The molecule has 3 rings (SSSR count). The van der Waals surface area contributed by atoms with Gasteiger partial charge in [0.2, 0.25) is 0 Å². The molecule has 0 saturated carbocycles. The van der Waals surface area contributed by atoms with Crippen molar-refractivity contribution >= 4 is 17.2 Å². The van der Waals surface area contributed by atoms with Crippen LogP contribution in [0.4, 0.5) is 5.82 Å². The van der Waals surface area contributed by atoms with Gasteiger partial charge in [-0.1, -0.05) is 0 Å². The summed E-state index contributed by atoms with van der Waals surface area (Å²) in [5.41, 5.74) is 9.94. The van der Waals surface area contributed by atoms with Crippen LogP contribution in [0.1, 0.15) is 0 Å². The Balaban J connectivity index is 2.11. The third-order valence-electron chi connectivity index (χ3n) is 2.41. The average molecular weight is 258 g/mol. The van der Waals surface area contributed by atoms with E-state index < -0.39 is 0 Å². The molecule has 0 fully saturated rings. The van der Waals surface area contributed by atoms with Crippen LogP contribution in [0, 0.1) is 0 Å². The Labute approximate surface area is 107 Å². The second-order valence-electron chi connectivity index (χ2n) is 3.78. The Bertz CT molecular complexity index is 673. The molecule has 0 bridgehead atoms. The van der Waals surface area contributed by atoms with E-state index in [1.54, 1.807) is 22.5 Å². The van der Waals surface area contributed by atoms with Crippen LogP contribution in [0.15, 0.2) is 29.4 Å². The molecule has 3 aromatic rings. The summed E-state index contributed by atoms with van der Waals surface area (Å²) in [4.78, 5) is 12.8. The molecule has 0 atom stereocenters. The van der Waals surface area contributed by atoms with Crippen molar-refractivity contribution in [3.05, 3.63) is 29.4 Å².